The van der Waals surface area contributed by atoms with Crippen LogP contribution in [0.3, 0.4) is 0 Å². The van der Waals surface area contributed by atoms with E-state index in [1.165, 1.54) is 0 Å². The molecule has 2 heterocycles. The van der Waals surface area contributed by atoms with Gasteiger partial charge in [0.1, 0.15) is 31.3 Å². The Morgan fingerprint density at radius 2 is 1.36 bits per heavy atom. The number of ether oxygens (including phenoxy) is 2. The molecular formula is C30H29N3O5S. The number of para-hydroxylation sites is 2. The normalized spacial score (nSPS) is 16.6. The molecule has 2 aliphatic rings. The van der Waals surface area contributed by atoms with Crippen LogP contribution in [0, 0.1) is 0 Å². The van der Waals surface area contributed by atoms with Gasteiger partial charge in [-0.25, -0.2) is 0 Å². The highest BCUT2D eigenvalue weighted by Crippen LogP contribution is 2.32. The van der Waals surface area contributed by atoms with Crippen molar-refractivity contribution in [1.29, 1.82) is 0 Å². The summed E-state index contributed by atoms with van der Waals surface area (Å²) in [6.45, 7) is 3.07. The zero-order valence-corrected chi connectivity index (χ0v) is 22.2. The molecule has 5 rings (SSSR count). The lowest BCUT2D eigenvalue weighted by molar-refractivity contribution is -0.136. The van der Waals surface area contributed by atoms with Crippen LogP contribution in [0.5, 0.6) is 11.5 Å². The molecule has 0 unspecified atom stereocenters. The Labute approximate surface area is 231 Å². The minimum atomic E-state index is -0.445. The van der Waals surface area contributed by atoms with E-state index in [2.05, 4.69) is 4.90 Å². The molecule has 0 spiro atoms. The Hall–Kier alpha value is -4.24. The Morgan fingerprint density at radius 3 is 2.00 bits per heavy atom. The van der Waals surface area contributed by atoms with E-state index in [1.54, 1.807) is 23.1 Å². The van der Waals surface area contributed by atoms with Crippen molar-refractivity contribution in [3.63, 3.8) is 0 Å². The standard InChI is InChI=1S/C30H29N3O5S/c34-28(32-17-15-31(16-18-32)24-7-3-1-4-8-24)22-33-29(35)27(39-30(33)36)21-23-11-13-26(14-12-23)38-20-19-37-25-9-5-2-6-10-25/h1-14,21H,15-20,22H2/b27-21+. The van der Waals surface area contributed by atoms with E-state index in [0.29, 0.717) is 50.0 Å². The Balaban J connectivity index is 1.10. The maximum absolute atomic E-state index is 12.9. The minimum absolute atomic E-state index is 0.219. The highest BCUT2D eigenvalue weighted by atomic mass is 32.2. The average molecular weight is 544 g/mol. The second kappa shape index (κ2) is 12.5. The number of thioether (sulfide) groups is 1. The average Bonchev–Trinajstić information content (AvgIpc) is 3.24. The summed E-state index contributed by atoms with van der Waals surface area (Å²) < 4.78 is 11.3. The SMILES string of the molecule is O=C(CN1C(=O)S/C(=C/c2ccc(OCCOc3ccccc3)cc2)C1=O)N1CCN(c2ccccc2)CC1. The quantitative estimate of drug-likeness (QED) is 0.290. The lowest BCUT2D eigenvalue weighted by Gasteiger charge is -2.36. The molecule has 0 radical (unpaired) electrons. The molecule has 0 saturated carbocycles. The van der Waals surface area contributed by atoms with E-state index >= 15 is 0 Å². The minimum Gasteiger partial charge on any atom is -0.490 e. The topological polar surface area (TPSA) is 79.4 Å². The van der Waals surface area contributed by atoms with Crippen molar-refractivity contribution in [1.82, 2.24) is 9.80 Å². The van der Waals surface area contributed by atoms with Gasteiger partial charge in [0, 0.05) is 31.9 Å². The van der Waals surface area contributed by atoms with Crippen LogP contribution in [0.15, 0.2) is 89.8 Å². The smallest absolute Gasteiger partial charge is 0.294 e. The van der Waals surface area contributed by atoms with Gasteiger partial charge in [0.25, 0.3) is 11.1 Å². The van der Waals surface area contributed by atoms with Crippen LogP contribution < -0.4 is 14.4 Å². The highest BCUT2D eigenvalue weighted by molar-refractivity contribution is 8.18. The van der Waals surface area contributed by atoms with Crippen LogP contribution in [-0.2, 0) is 9.59 Å². The number of carbonyl (C=O) groups excluding carboxylic acids is 3. The van der Waals surface area contributed by atoms with Crippen molar-refractivity contribution >= 4 is 40.6 Å². The molecule has 0 N–H and O–H groups in total. The number of rotatable bonds is 9. The predicted octanol–water partition coefficient (Wildman–Crippen LogP) is 4.53. The monoisotopic (exact) mass is 543 g/mol. The molecule has 2 aliphatic heterocycles. The first-order valence-corrected chi connectivity index (χ1v) is 13.6. The summed E-state index contributed by atoms with van der Waals surface area (Å²) in [4.78, 5) is 43.7. The third-order valence-electron chi connectivity index (χ3n) is 6.46. The summed E-state index contributed by atoms with van der Waals surface area (Å²) in [5.41, 5.74) is 1.88. The molecular weight excluding hydrogens is 514 g/mol. The largest absolute Gasteiger partial charge is 0.490 e. The van der Waals surface area contributed by atoms with E-state index in [4.69, 9.17) is 9.47 Å². The third kappa shape index (κ3) is 6.80. The van der Waals surface area contributed by atoms with Crippen LogP contribution in [0.4, 0.5) is 10.5 Å². The lowest BCUT2D eigenvalue weighted by atomic mass is 10.2. The Bertz CT molecular complexity index is 1320. The zero-order valence-electron chi connectivity index (χ0n) is 21.4. The fourth-order valence-electron chi connectivity index (χ4n) is 4.37. The van der Waals surface area contributed by atoms with Gasteiger partial charge in [-0.1, -0.05) is 48.5 Å². The summed E-state index contributed by atoms with van der Waals surface area (Å²) >= 11 is 0.854. The Kier molecular flexibility index (Phi) is 8.48. The van der Waals surface area contributed by atoms with Gasteiger partial charge in [0.15, 0.2) is 0 Å². The molecule has 8 nitrogen and oxygen atoms in total. The molecule has 0 atom stereocenters. The van der Waals surface area contributed by atoms with Crippen LogP contribution in [0.2, 0.25) is 0 Å². The molecule has 39 heavy (non-hydrogen) atoms. The molecule has 3 aromatic carbocycles. The van der Waals surface area contributed by atoms with Crippen molar-refractivity contribution in [3.05, 3.63) is 95.4 Å². The Morgan fingerprint density at radius 1 is 0.769 bits per heavy atom. The number of hydrogen-bond donors (Lipinski definition) is 0. The lowest BCUT2D eigenvalue weighted by Crippen LogP contribution is -2.51. The van der Waals surface area contributed by atoms with Crippen molar-refractivity contribution in [2.24, 2.45) is 0 Å². The van der Waals surface area contributed by atoms with E-state index in [9.17, 15) is 14.4 Å². The maximum Gasteiger partial charge on any atom is 0.294 e. The van der Waals surface area contributed by atoms with E-state index in [1.807, 2.05) is 72.8 Å². The van der Waals surface area contributed by atoms with Gasteiger partial charge in [0.2, 0.25) is 5.91 Å². The van der Waals surface area contributed by atoms with E-state index in [-0.39, 0.29) is 12.5 Å². The van der Waals surface area contributed by atoms with Gasteiger partial charge in [-0.3, -0.25) is 19.3 Å². The van der Waals surface area contributed by atoms with Gasteiger partial charge in [0.05, 0.1) is 4.91 Å². The first kappa shape index (κ1) is 26.4. The van der Waals surface area contributed by atoms with Crippen LogP contribution in [-0.4, -0.2) is 72.8 Å². The van der Waals surface area contributed by atoms with Gasteiger partial charge >= 0.3 is 0 Å². The number of anilines is 1. The number of hydrogen-bond acceptors (Lipinski definition) is 7. The van der Waals surface area contributed by atoms with Crippen molar-refractivity contribution < 1.29 is 23.9 Å². The number of amides is 3. The number of carbonyl (C=O) groups is 3. The number of benzene rings is 3. The molecule has 0 bridgehead atoms. The van der Waals surface area contributed by atoms with Crippen LogP contribution in [0.25, 0.3) is 6.08 Å². The van der Waals surface area contributed by atoms with Gasteiger partial charge in [-0.2, -0.15) is 0 Å². The second-order valence-electron chi connectivity index (χ2n) is 9.05. The molecule has 3 aromatic rings. The first-order chi connectivity index (χ1) is 19.1. The summed E-state index contributed by atoms with van der Waals surface area (Å²) in [5.74, 6) is 0.802. The van der Waals surface area contributed by atoms with Crippen LogP contribution >= 0.6 is 11.8 Å². The van der Waals surface area contributed by atoms with Gasteiger partial charge in [-0.15, -0.1) is 0 Å². The number of imide groups is 1. The fraction of sp³-hybridized carbons (Fsp3) is 0.233. The third-order valence-corrected chi connectivity index (χ3v) is 7.37. The fourth-order valence-corrected chi connectivity index (χ4v) is 5.21. The molecule has 0 aliphatic carbocycles. The predicted molar refractivity (Wildman–Crippen MR) is 152 cm³/mol. The van der Waals surface area contributed by atoms with Crippen LogP contribution in [0.1, 0.15) is 5.56 Å². The van der Waals surface area contributed by atoms with Crippen molar-refractivity contribution in [3.8, 4) is 11.5 Å². The molecule has 2 fully saturated rings. The zero-order chi connectivity index (χ0) is 27.0. The maximum atomic E-state index is 12.9. The molecule has 2 saturated heterocycles. The molecule has 0 aromatic heterocycles. The highest BCUT2D eigenvalue weighted by Gasteiger charge is 2.37. The summed E-state index contributed by atoms with van der Waals surface area (Å²) in [5, 5.41) is -0.430. The van der Waals surface area contributed by atoms with Gasteiger partial charge < -0.3 is 19.3 Å². The molecule has 200 valence electrons. The van der Waals surface area contributed by atoms with Crippen molar-refractivity contribution in [2.75, 3.05) is 50.8 Å². The first-order valence-electron chi connectivity index (χ1n) is 12.8. The summed E-state index contributed by atoms with van der Waals surface area (Å²) in [7, 11) is 0. The number of nitrogens with zero attached hydrogens (tertiary/aromatic N) is 3. The summed E-state index contributed by atoms with van der Waals surface area (Å²) in [6, 6.07) is 26.8. The van der Waals surface area contributed by atoms with Crippen molar-refractivity contribution in [2.45, 2.75) is 0 Å². The molecule has 3 amide bonds. The van der Waals surface area contributed by atoms with E-state index in [0.717, 1.165) is 33.7 Å². The second-order valence-corrected chi connectivity index (χ2v) is 10.0. The summed E-state index contributed by atoms with van der Waals surface area (Å²) in [6.07, 6.45) is 1.66. The van der Waals surface area contributed by atoms with Gasteiger partial charge in [-0.05, 0) is 59.8 Å². The van der Waals surface area contributed by atoms with E-state index < -0.39 is 11.1 Å². The molecule has 9 heteroatoms. The number of piperazine rings is 1.